The highest BCUT2D eigenvalue weighted by molar-refractivity contribution is 5.53. The second-order valence-corrected chi connectivity index (χ2v) is 4.58. The van der Waals surface area contributed by atoms with Crippen LogP contribution in [-0.4, -0.2) is 16.4 Å². The van der Waals surface area contributed by atoms with E-state index >= 15 is 0 Å². The fourth-order valence-electron chi connectivity index (χ4n) is 1.73. The molecule has 0 fully saturated rings. The van der Waals surface area contributed by atoms with Crippen LogP contribution in [0.25, 0.3) is 0 Å². The molecule has 5 heteroatoms. The minimum Gasteiger partial charge on any atom is -0.450 e. The molecule has 0 saturated carbocycles. The Kier molecular flexibility index (Phi) is 7.67. The summed E-state index contributed by atoms with van der Waals surface area (Å²) in [6.45, 7) is 3.96. The van der Waals surface area contributed by atoms with Gasteiger partial charge in [-0.2, -0.15) is 0 Å². The minimum atomic E-state index is -1.83. The van der Waals surface area contributed by atoms with Gasteiger partial charge in [-0.05, 0) is 25.0 Å². The lowest BCUT2D eigenvalue weighted by atomic mass is 10.1. The molecular weight excluding hydrogens is 284 g/mol. The van der Waals surface area contributed by atoms with Gasteiger partial charge in [0.1, 0.15) is 12.2 Å². The van der Waals surface area contributed by atoms with Gasteiger partial charge in [0.15, 0.2) is 0 Å². The summed E-state index contributed by atoms with van der Waals surface area (Å²) < 4.78 is 0. The molecule has 0 radical (unpaired) electrons. The number of hydrogen-bond acceptors (Lipinski definition) is 3. The van der Waals surface area contributed by atoms with Crippen LogP contribution < -0.4 is 0 Å². The van der Waals surface area contributed by atoms with Crippen molar-refractivity contribution >= 4 is 6.16 Å². The van der Waals surface area contributed by atoms with E-state index in [1.807, 2.05) is 74.5 Å². The molecule has 5 nitrogen and oxygen atoms in total. The Morgan fingerprint density at radius 1 is 0.773 bits per heavy atom. The predicted molar refractivity (Wildman–Crippen MR) is 82.5 cm³/mol. The molecule has 0 heterocycles. The summed E-state index contributed by atoms with van der Waals surface area (Å²) in [5.74, 6) is 0. The summed E-state index contributed by atoms with van der Waals surface area (Å²) >= 11 is 0. The molecule has 0 spiro atoms. The van der Waals surface area contributed by atoms with E-state index in [1.54, 1.807) is 0 Å². The lowest BCUT2D eigenvalue weighted by Crippen LogP contribution is -2.05. The van der Waals surface area contributed by atoms with E-state index in [9.17, 15) is 0 Å². The Hall–Kier alpha value is -2.37. The van der Waals surface area contributed by atoms with Crippen molar-refractivity contribution in [2.45, 2.75) is 26.1 Å². The molecule has 0 aliphatic heterocycles. The molecule has 0 saturated heterocycles. The fourth-order valence-corrected chi connectivity index (χ4v) is 1.73. The van der Waals surface area contributed by atoms with Gasteiger partial charge in [-0.25, -0.2) is 14.6 Å². The van der Waals surface area contributed by atoms with Crippen LogP contribution in [0.1, 0.15) is 37.2 Å². The Morgan fingerprint density at radius 3 is 1.32 bits per heavy atom. The van der Waals surface area contributed by atoms with Crippen molar-refractivity contribution in [2.75, 3.05) is 0 Å². The summed E-state index contributed by atoms with van der Waals surface area (Å²) in [7, 11) is 0. The number of carboxylic acid groups (broad SMARTS) is 2. The Morgan fingerprint density at radius 2 is 1.05 bits per heavy atom. The lowest BCUT2D eigenvalue weighted by Gasteiger charge is -2.16. The molecule has 2 aromatic carbocycles. The Balaban J connectivity index is 0.000000541. The van der Waals surface area contributed by atoms with Crippen LogP contribution in [0.5, 0.6) is 0 Å². The van der Waals surface area contributed by atoms with Crippen molar-refractivity contribution in [3.63, 3.8) is 0 Å². The van der Waals surface area contributed by atoms with Crippen molar-refractivity contribution < 1.29 is 24.8 Å². The molecule has 2 unspecified atom stereocenters. The summed E-state index contributed by atoms with van der Waals surface area (Å²) in [5.41, 5.74) is 2.22. The standard InChI is InChI=1S/C16H18O2.CH2O3/c1-13(15-9-5-3-6-10-15)17-18-14(2)16-11-7-4-8-12-16;2-1(3)4/h3-14H,1-2H3;(H2,2,3,4). The normalized spacial score (nSPS) is 12.6. The van der Waals surface area contributed by atoms with Crippen LogP contribution >= 0.6 is 0 Å². The maximum atomic E-state index is 8.56. The Bertz CT molecular complexity index is 492. The second kappa shape index (κ2) is 9.55. The van der Waals surface area contributed by atoms with Crippen molar-refractivity contribution in [2.24, 2.45) is 0 Å². The van der Waals surface area contributed by atoms with E-state index < -0.39 is 6.16 Å². The summed E-state index contributed by atoms with van der Waals surface area (Å²) in [6.07, 6.45) is -1.98. The van der Waals surface area contributed by atoms with Gasteiger partial charge in [0.05, 0.1) is 0 Å². The van der Waals surface area contributed by atoms with Gasteiger partial charge in [0.2, 0.25) is 0 Å². The third kappa shape index (κ3) is 6.88. The van der Waals surface area contributed by atoms with Crippen LogP contribution in [0, 0.1) is 0 Å². The van der Waals surface area contributed by atoms with Crippen molar-refractivity contribution in [1.29, 1.82) is 0 Å². The third-order valence-corrected chi connectivity index (χ3v) is 2.88. The van der Waals surface area contributed by atoms with Crippen molar-refractivity contribution in [3.05, 3.63) is 71.8 Å². The van der Waals surface area contributed by atoms with Gasteiger partial charge in [-0.3, -0.25) is 0 Å². The topological polar surface area (TPSA) is 76.0 Å². The maximum Gasteiger partial charge on any atom is 0.503 e. The molecule has 0 amide bonds. The number of rotatable bonds is 5. The van der Waals surface area contributed by atoms with Crippen LogP contribution in [0.3, 0.4) is 0 Å². The van der Waals surface area contributed by atoms with Gasteiger partial charge >= 0.3 is 6.16 Å². The van der Waals surface area contributed by atoms with E-state index in [0.717, 1.165) is 11.1 Å². The van der Waals surface area contributed by atoms with Gasteiger partial charge < -0.3 is 10.2 Å². The molecular formula is C17H20O5. The van der Waals surface area contributed by atoms with E-state index in [2.05, 4.69) is 0 Å². The quantitative estimate of drug-likeness (QED) is 0.619. The van der Waals surface area contributed by atoms with E-state index in [4.69, 9.17) is 24.8 Å². The van der Waals surface area contributed by atoms with Crippen molar-refractivity contribution in [1.82, 2.24) is 0 Å². The molecule has 0 bridgehead atoms. The first-order valence-electron chi connectivity index (χ1n) is 6.84. The minimum absolute atomic E-state index is 0.0719. The zero-order valence-corrected chi connectivity index (χ0v) is 12.5. The average molecular weight is 304 g/mol. The summed E-state index contributed by atoms with van der Waals surface area (Å²) in [5, 5.41) is 13.9. The largest absolute Gasteiger partial charge is 0.503 e. The first-order chi connectivity index (χ1) is 10.5. The zero-order chi connectivity index (χ0) is 16.4. The molecule has 0 aromatic heterocycles. The van der Waals surface area contributed by atoms with Crippen LogP contribution in [-0.2, 0) is 9.78 Å². The van der Waals surface area contributed by atoms with E-state index in [0.29, 0.717) is 0 Å². The average Bonchev–Trinajstić information content (AvgIpc) is 2.53. The van der Waals surface area contributed by atoms with Crippen molar-refractivity contribution in [3.8, 4) is 0 Å². The van der Waals surface area contributed by atoms with Gasteiger partial charge in [0.25, 0.3) is 0 Å². The van der Waals surface area contributed by atoms with Crippen LogP contribution in [0.2, 0.25) is 0 Å². The second-order valence-electron chi connectivity index (χ2n) is 4.58. The first kappa shape index (κ1) is 17.7. The van der Waals surface area contributed by atoms with Crippen LogP contribution in [0.15, 0.2) is 60.7 Å². The monoisotopic (exact) mass is 304 g/mol. The highest BCUT2D eigenvalue weighted by Crippen LogP contribution is 2.22. The molecule has 22 heavy (non-hydrogen) atoms. The molecule has 2 rings (SSSR count). The van der Waals surface area contributed by atoms with Crippen LogP contribution in [0.4, 0.5) is 4.79 Å². The number of benzene rings is 2. The fraction of sp³-hybridized carbons (Fsp3) is 0.235. The predicted octanol–water partition coefficient (Wildman–Crippen LogP) is 4.68. The SMILES string of the molecule is CC(OOC(C)c1ccccc1)c1ccccc1.O=C(O)O. The summed E-state index contributed by atoms with van der Waals surface area (Å²) in [4.78, 5) is 19.4. The molecule has 118 valence electrons. The number of carbonyl (C=O) groups is 1. The molecule has 2 aromatic rings. The van der Waals surface area contributed by atoms with Gasteiger partial charge in [-0.15, -0.1) is 0 Å². The third-order valence-electron chi connectivity index (χ3n) is 2.88. The number of hydrogen-bond donors (Lipinski definition) is 2. The molecule has 0 aliphatic rings. The first-order valence-corrected chi connectivity index (χ1v) is 6.84. The molecule has 2 atom stereocenters. The maximum absolute atomic E-state index is 8.56. The lowest BCUT2D eigenvalue weighted by molar-refractivity contribution is -0.350. The van der Waals surface area contributed by atoms with E-state index in [-0.39, 0.29) is 12.2 Å². The van der Waals surface area contributed by atoms with Gasteiger partial charge in [-0.1, -0.05) is 60.7 Å². The smallest absolute Gasteiger partial charge is 0.450 e. The van der Waals surface area contributed by atoms with E-state index in [1.165, 1.54) is 0 Å². The van der Waals surface area contributed by atoms with Gasteiger partial charge in [0, 0.05) is 0 Å². The zero-order valence-electron chi connectivity index (χ0n) is 12.5. The highest BCUT2D eigenvalue weighted by atomic mass is 17.2. The molecule has 2 N–H and O–H groups in total. The summed E-state index contributed by atoms with van der Waals surface area (Å²) in [6, 6.07) is 20.1. The Labute approximate surface area is 129 Å². The highest BCUT2D eigenvalue weighted by Gasteiger charge is 2.10. The molecule has 0 aliphatic carbocycles.